The highest BCUT2D eigenvalue weighted by molar-refractivity contribution is 6.07. The van der Waals surface area contributed by atoms with Crippen molar-refractivity contribution in [1.29, 1.82) is 0 Å². The number of imide groups is 1. The van der Waals surface area contributed by atoms with Crippen molar-refractivity contribution >= 4 is 17.8 Å². The maximum atomic E-state index is 12.7. The SMILES string of the molecule is O=C(CCN1CCC2(CC1)OCCO2)NN1C(=O)NC2(CCCCC2)C1=O. The zero-order valence-corrected chi connectivity index (χ0v) is 15.6. The molecular weight excluding hydrogens is 352 g/mol. The predicted molar refractivity (Wildman–Crippen MR) is 94.3 cm³/mol. The zero-order chi connectivity index (χ0) is 18.9. The van der Waals surface area contributed by atoms with Crippen LogP contribution in [0.4, 0.5) is 4.79 Å². The van der Waals surface area contributed by atoms with E-state index in [0.717, 1.165) is 50.2 Å². The van der Waals surface area contributed by atoms with Crippen LogP contribution in [0.15, 0.2) is 0 Å². The fourth-order valence-electron chi connectivity index (χ4n) is 4.56. The van der Waals surface area contributed by atoms with Crippen molar-refractivity contribution in [2.45, 2.75) is 62.7 Å². The van der Waals surface area contributed by atoms with E-state index < -0.39 is 17.4 Å². The Bertz CT molecular complexity index is 603. The second-order valence-corrected chi connectivity index (χ2v) is 7.95. The number of piperidine rings is 1. The van der Waals surface area contributed by atoms with Crippen molar-refractivity contribution in [3.05, 3.63) is 0 Å². The van der Waals surface area contributed by atoms with Gasteiger partial charge in [0.2, 0.25) is 5.91 Å². The number of nitrogens with zero attached hydrogens (tertiary/aromatic N) is 2. The average molecular weight is 380 g/mol. The normalized spacial score (nSPS) is 27.3. The number of likely N-dealkylation sites (tertiary alicyclic amines) is 1. The molecule has 1 aliphatic carbocycles. The monoisotopic (exact) mass is 380 g/mol. The number of amides is 4. The molecule has 9 nitrogen and oxygen atoms in total. The molecule has 3 aliphatic heterocycles. The van der Waals surface area contributed by atoms with Crippen LogP contribution in [-0.2, 0) is 19.1 Å². The van der Waals surface area contributed by atoms with E-state index in [1.54, 1.807) is 0 Å². The number of hydrazine groups is 1. The molecule has 2 N–H and O–H groups in total. The number of rotatable bonds is 4. The third-order valence-electron chi connectivity index (χ3n) is 6.19. The molecule has 0 unspecified atom stereocenters. The quantitative estimate of drug-likeness (QED) is 0.689. The lowest BCUT2D eigenvalue weighted by Crippen LogP contribution is -2.51. The number of hydrogen-bond donors (Lipinski definition) is 2. The summed E-state index contributed by atoms with van der Waals surface area (Å²) in [6.07, 6.45) is 6.01. The molecule has 150 valence electrons. The van der Waals surface area contributed by atoms with Gasteiger partial charge in [-0.3, -0.25) is 15.0 Å². The van der Waals surface area contributed by atoms with E-state index in [-0.39, 0.29) is 18.2 Å². The van der Waals surface area contributed by atoms with Gasteiger partial charge in [-0.1, -0.05) is 19.3 Å². The molecule has 4 fully saturated rings. The summed E-state index contributed by atoms with van der Waals surface area (Å²) in [5.74, 6) is -1.07. The molecule has 2 spiro atoms. The Morgan fingerprint density at radius 3 is 2.37 bits per heavy atom. The first-order chi connectivity index (χ1) is 13.0. The average Bonchev–Trinajstić information content (AvgIpc) is 3.21. The molecule has 9 heteroatoms. The third kappa shape index (κ3) is 3.68. The van der Waals surface area contributed by atoms with Crippen molar-refractivity contribution in [3.8, 4) is 0 Å². The minimum Gasteiger partial charge on any atom is -0.347 e. The highest BCUT2D eigenvalue weighted by Crippen LogP contribution is 2.33. The molecule has 27 heavy (non-hydrogen) atoms. The van der Waals surface area contributed by atoms with E-state index >= 15 is 0 Å². The van der Waals surface area contributed by atoms with Crippen LogP contribution in [0.3, 0.4) is 0 Å². The van der Waals surface area contributed by atoms with E-state index in [1.165, 1.54) is 0 Å². The third-order valence-corrected chi connectivity index (χ3v) is 6.19. The summed E-state index contributed by atoms with van der Waals surface area (Å²) in [6, 6.07) is -0.523. The molecule has 0 aromatic rings. The van der Waals surface area contributed by atoms with E-state index in [9.17, 15) is 14.4 Å². The van der Waals surface area contributed by atoms with Crippen LogP contribution < -0.4 is 10.7 Å². The molecule has 4 amide bonds. The number of nitrogens with one attached hydrogen (secondary N) is 2. The summed E-state index contributed by atoms with van der Waals surface area (Å²) in [7, 11) is 0. The first-order valence-electron chi connectivity index (χ1n) is 9.99. The first kappa shape index (κ1) is 18.6. The minimum atomic E-state index is -0.814. The lowest BCUT2D eigenvalue weighted by atomic mass is 9.82. The Morgan fingerprint density at radius 2 is 1.70 bits per heavy atom. The van der Waals surface area contributed by atoms with Crippen LogP contribution in [0.2, 0.25) is 0 Å². The summed E-state index contributed by atoms with van der Waals surface area (Å²) in [5, 5.41) is 3.67. The van der Waals surface area contributed by atoms with Gasteiger partial charge in [-0.15, -0.1) is 0 Å². The number of urea groups is 1. The topological polar surface area (TPSA) is 100 Å². The maximum Gasteiger partial charge on any atom is 0.344 e. The Morgan fingerprint density at radius 1 is 1.04 bits per heavy atom. The largest absolute Gasteiger partial charge is 0.347 e. The van der Waals surface area contributed by atoms with Crippen LogP contribution in [0.25, 0.3) is 0 Å². The second kappa shape index (κ2) is 7.37. The Labute approximate surface area is 158 Å². The van der Waals surface area contributed by atoms with Crippen LogP contribution in [0, 0.1) is 0 Å². The van der Waals surface area contributed by atoms with Crippen molar-refractivity contribution in [3.63, 3.8) is 0 Å². The predicted octanol–water partition coefficient (Wildman–Crippen LogP) is 0.501. The molecule has 3 heterocycles. The molecule has 0 atom stereocenters. The number of carbonyl (C=O) groups is 3. The molecule has 1 saturated carbocycles. The van der Waals surface area contributed by atoms with Crippen molar-refractivity contribution in [1.82, 2.24) is 20.7 Å². The molecule has 0 aromatic heterocycles. The van der Waals surface area contributed by atoms with Gasteiger partial charge in [-0.05, 0) is 12.8 Å². The van der Waals surface area contributed by atoms with E-state index in [2.05, 4.69) is 15.6 Å². The summed E-state index contributed by atoms with van der Waals surface area (Å²) in [6.45, 7) is 3.49. The van der Waals surface area contributed by atoms with E-state index in [4.69, 9.17) is 9.47 Å². The highest BCUT2D eigenvalue weighted by Gasteiger charge is 2.52. The maximum absolute atomic E-state index is 12.7. The fraction of sp³-hybridized carbons (Fsp3) is 0.833. The van der Waals surface area contributed by atoms with Crippen LogP contribution in [0.5, 0.6) is 0 Å². The number of hydrogen-bond acceptors (Lipinski definition) is 6. The van der Waals surface area contributed by atoms with Gasteiger partial charge in [0.1, 0.15) is 5.54 Å². The summed E-state index contributed by atoms with van der Waals surface area (Å²) in [5.41, 5.74) is 1.68. The molecule has 4 aliphatic rings. The van der Waals surface area contributed by atoms with Gasteiger partial charge in [-0.25, -0.2) is 4.79 Å². The zero-order valence-electron chi connectivity index (χ0n) is 15.6. The smallest absolute Gasteiger partial charge is 0.344 e. The lowest BCUT2D eigenvalue weighted by Gasteiger charge is -2.37. The van der Waals surface area contributed by atoms with Crippen LogP contribution in [0.1, 0.15) is 51.4 Å². The number of ether oxygens (including phenoxy) is 2. The standard InChI is InChI=1S/C18H28N4O5/c23-14(4-9-21-10-7-18(8-11-21)26-12-13-27-18)20-22-15(24)17(19-16(22)25)5-2-1-3-6-17/h1-13H2,(H,19,25)(H,20,23). The van der Waals surface area contributed by atoms with E-state index in [0.29, 0.717) is 32.6 Å². The molecular formula is C18H28N4O5. The van der Waals surface area contributed by atoms with Gasteiger partial charge in [0, 0.05) is 38.9 Å². The van der Waals surface area contributed by atoms with Crippen LogP contribution in [-0.4, -0.2) is 71.9 Å². The summed E-state index contributed by atoms with van der Waals surface area (Å²) >= 11 is 0. The Balaban J connectivity index is 1.24. The highest BCUT2D eigenvalue weighted by atomic mass is 16.7. The Hall–Kier alpha value is -1.71. The van der Waals surface area contributed by atoms with Crippen LogP contribution >= 0.6 is 0 Å². The molecule has 0 bridgehead atoms. The molecule has 0 radical (unpaired) electrons. The molecule has 3 saturated heterocycles. The van der Waals surface area contributed by atoms with Gasteiger partial charge in [0.05, 0.1) is 13.2 Å². The minimum absolute atomic E-state index is 0.235. The van der Waals surface area contributed by atoms with Gasteiger partial charge in [0.25, 0.3) is 5.91 Å². The molecule has 0 aromatic carbocycles. The summed E-state index contributed by atoms with van der Waals surface area (Å²) < 4.78 is 11.4. The van der Waals surface area contributed by atoms with Gasteiger partial charge in [-0.2, -0.15) is 5.01 Å². The van der Waals surface area contributed by atoms with Gasteiger partial charge < -0.3 is 19.7 Å². The van der Waals surface area contributed by atoms with E-state index in [1.807, 2.05) is 0 Å². The summed E-state index contributed by atoms with van der Waals surface area (Å²) in [4.78, 5) is 39.3. The van der Waals surface area contributed by atoms with Gasteiger partial charge >= 0.3 is 6.03 Å². The second-order valence-electron chi connectivity index (χ2n) is 7.95. The van der Waals surface area contributed by atoms with Crippen molar-refractivity contribution in [2.24, 2.45) is 0 Å². The first-order valence-corrected chi connectivity index (χ1v) is 9.99. The van der Waals surface area contributed by atoms with Crippen molar-refractivity contribution < 1.29 is 23.9 Å². The fourth-order valence-corrected chi connectivity index (χ4v) is 4.56. The number of carbonyl (C=O) groups excluding carboxylic acids is 3. The Kier molecular flexibility index (Phi) is 5.09. The van der Waals surface area contributed by atoms with Crippen molar-refractivity contribution in [2.75, 3.05) is 32.8 Å². The molecule has 4 rings (SSSR count). The van der Waals surface area contributed by atoms with Gasteiger partial charge in [0.15, 0.2) is 5.79 Å². The lowest BCUT2D eigenvalue weighted by molar-refractivity contribution is -0.185.